The molecule has 1 unspecified atom stereocenters. The van der Waals surface area contributed by atoms with Gasteiger partial charge in [-0.15, -0.1) is 0 Å². The lowest BCUT2D eigenvalue weighted by atomic mass is 10.3. The van der Waals surface area contributed by atoms with E-state index in [0.29, 0.717) is 0 Å². The van der Waals surface area contributed by atoms with Crippen LogP contribution in [-0.2, 0) is 0 Å². The molecule has 1 aromatic heterocycles. The Kier molecular flexibility index (Phi) is 2.31. The molecule has 0 radical (unpaired) electrons. The summed E-state index contributed by atoms with van der Waals surface area (Å²) in [7, 11) is 0. The number of nitrogens with zero attached hydrogens (tertiary/aromatic N) is 3. The van der Waals surface area contributed by atoms with Gasteiger partial charge in [-0.2, -0.15) is 4.98 Å². The first-order valence-corrected chi connectivity index (χ1v) is 4.81. The van der Waals surface area contributed by atoms with E-state index in [4.69, 9.17) is 4.52 Å². The summed E-state index contributed by atoms with van der Waals surface area (Å²) in [5.41, 5.74) is 0. The Morgan fingerprint density at radius 2 is 2.08 bits per heavy atom. The zero-order valence-corrected chi connectivity index (χ0v) is 8.16. The minimum absolute atomic E-state index is 0.281. The Hall–Kier alpha value is -0.900. The maximum absolute atomic E-state index is 5.14. The zero-order chi connectivity index (χ0) is 9.26. The van der Waals surface area contributed by atoms with Crippen molar-refractivity contribution >= 4 is 0 Å². The summed E-state index contributed by atoms with van der Waals surface area (Å²) in [6, 6.07) is 0.281. The van der Waals surface area contributed by atoms with Gasteiger partial charge >= 0.3 is 0 Å². The molecule has 13 heavy (non-hydrogen) atoms. The number of hydrogen-bond acceptors (Lipinski definition) is 4. The minimum Gasteiger partial charge on any atom is -0.338 e. The maximum atomic E-state index is 5.14. The summed E-state index contributed by atoms with van der Waals surface area (Å²) >= 11 is 0. The van der Waals surface area contributed by atoms with Crippen molar-refractivity contribution in [3.63, 3.8) is 0 Å². The summed E-state index contributed by atoms with van der Waals surface area (Å²) < 4.78 is 5.14. The molecule has 0 spiro atoms. The predicted molar refractivity (Wildman–Crippen MR) is 48.3 cm³/mol. The molecule has 72 valence electrons. The number of likely N-dealkylation sites (tertiary alicyclic amines) is 1. The SMILES string of the molecule is Cc1noc(C(C)N2CCCC2)n1. The van der Waals surface area contributed by atoms with E-state index in [1.165, 1.54) is 12.8 Å². The van der Waals surface area contributed by atoms with Crippen LogP contribution in [0.25, 0.3) is 0 Å². The van der Waals surface area contributed by atoms with Crippen LogP contribution in [0.2, 0.25) is 0 Å². The van der Waals surface area contributed by atoms with Crippen molar-refractivity contribution in [1.29, 1.82) is 0 Å². The highest BCUT2D eigenvalue weighted by Crippen LogP contribution is 2.22. The first kappa shape index (κ1) is 8.69. The van der Waals surface area contributed by atoms with E-state index < -0.39 is 0 Å². The molecule has 2 heterocycles. The number of aryl methyl sites for hydroxylation is 1. The van der Waals surface area contributed by atoms with Crippen LogP contribution in [-0.4, -0.2) is 28.1 Å². The van der Waals surface area contributed by atoms with Gasteiger partial charge in [0.15, 0.2) is 5.82 Å². The second-order valence-corrected chi connectivity index (χ2v) is 3.60. The summed E-state index contributed by atoms with van der Waals surface area (Å²) in [5, 5.41) is 3.80. The van der Waals surface area contributed by atoms with Gasteiger partial charge in [0.1, 0.15) is 0 Å². The number of aromatic nitrogens is 2. The van der Waals surface area contributed by atoms with E-state index in [1.54, 1.807) is 0 Å². The molecule has 1 aliphatic rings. The highest BCUT2D eigenvalue weighted by atomic mass is 16.5. The van der Waals surface area contributed by atoms with Crippen molar-refractivity contribution < 1.29 is 4.52 Å². The lowest BCUT2D eigenvalue weighted by Crippen LogP contribution is -2.23. The lowest BCUT2D eigenvalue weighted by molar-refractivity contribution is 0.209. The van der Waals surface area contributed by atoms with E-state index in [-0.39, 0.29) is 6.04 Å². The quantitative estimate of drug-likeness (QED) is 0.694. The van der Waals surface area contributed by atoms with Crippen LogP contribution in [0.5, 0.6) is 0 Å². The van der Waals surface area contributed by atoms with Crippen molar-refractivity contribution in [2.45, 2.75) is 32.7 Å². The van der Waals surface area contributed by atoms with E-state index in [2.05, 4.69) is 22.0 Å². The molecule has 1 fully saturated rings. The van der Waals surface area contributed by atoms with Crippen LogP contribution in [0.4, 0.5) is 0 Å². The van der Waals surface area contributed by atoms with Crippen LogP contribution < -0.4 is 0 Å². The van der Waals surface area contributed by atoms with Crippen molar-refractivity contribution in [3.05, 3.63) is 11.7 Å². The Bertz CT molecular complexity index is 278. The average molecular weight is 181 g/mol. The zero-order valence-electron chi connectivity index (χ0n) is 8.16. The fourth-order valence-electron chi connectivity index (χ4n) is 1.77. The average Bonchev–Trinajstić information content (AvgIpc) is 2.72. The highest BCUT2D eigenvalue weighted by molar-refractivity contribution is 4.91. The summed E-state index contributed by atoms with van der Waals surface area (Å²) in [5.74, 6) is 1.47. The van der Waals surface area contributed by atoms with Crippen LogP contribution >= 0.6 is 0 Å². The molecule has 2 rings (SSSR count). The molecule has 4 heteroatoms. The van der Waals surface area contributed by atoms with Gasteiger partial charge < -0.3 is 4.52 Å². The Labute approximate surface area is 77.9 Å². The molecule has 0 saturated carbocycles. The van der Waals surface area contributed by atoms with E-state index in [9.17, 15) is 0 Å². The first-order chi connectivity index (χ1) is 6.27. The molecule has 1 aromatic rings. The Balaban J connectivity index is 2.07. The Morgan fingerprint density at radius 1 is 1.38 bits per heavy atom. The van der Waals surface area contributed by atoms with Gasteiger partial charge in [0.25, 0.3) is 0 Å². The summed E-state index contributed by atoms with van der Waals surface area (Å²) in [6.45, 7) is 6.28. The molecule has 0 N–H and O–H groups in total. The predicted octanol–water partition coefficient (Wildman–Crippen LogP) is 1.53. The van der Waals surface area contributed by atoms with Crippen molar-refractivity contribution in [1.82, 2.24) is 15.0 Å². The van der Waals surface area contributed by atoms with Gasteiger partial charge in [-0.1, -0.05) is 5.16 Å². The molecular formula is C9H15N3O. The molecular weight excluding hydrogens is 166 g/mol. The minimum atomic E-state index is 0.281. The van der Waals surface area contributed by atoms with Crippen molar-refractivity contribution in [2.24, 2.45) is 0 Å². The molecule has 0 aromatic carbocycles. The number of rotatable bonds is 2. The van der Waals surface area contributed by atoms with E-state index in [0.717, 1.165) is 24.8 Å². The number of hydrogen-bond donors (Lipinski definition) is 0. The first-order valence-electron chi connectivity index (χ1n) is 4.81. The van der Waals surface area contributed by atoms with Gasteiger partial charge in [-0.25, -0.2) is 0 Å². The van der Waals surface area contributed by atoms with Crippen molar-refractivity contribution in [3.8, 4) is 0 Å². The largest absolute Gasteiger partial charge is 0.338 e. The van der Waals surface area contributed by atoms with Crippen molar-refractivity contribution in [2.75, 3.05) is 13.1 Å². The molecule has 1 saturated heterocycles. The summed E-state index contributed by atoms with van der Waals surface area (Å²) in [6.07, 6.45) is 2.58. The molecule has 4 nitrogen and oxygen atoms in total. The molecule has 0 aliphatic carbocycles. The fraction of sp³-hybridized carbons (Fsp3) is 0.778. The fourth-order valence-corrected chi connectivity index (χ4v) is 1.77. The molecule has 0 amide bonds. The second kappa shape index (κ2) is 3.46. The highest BCUT2D eigenvalue weighted by Gasteiger charge is 2.23. The summed E-state index contributed by atoms with van der Waals surface area (Å²) in [4.78, 5) is 6.62. The topological polar surface area (TPSA) is 42.2 Å². The van der Waals surface area contributed by atoms with Crippen LogP contribution in [0.3, 0.4) is 0 Å². The van der Waals surface area contributed by atoms with Crippen LogP contribution in [0, 0.1) is 6.92 Å². The van der Waals surface area contributed by atoms with Gasteiger partial charge in [0.05, 0.1) is 6.04 Å². The molecule has 0 bridgehead atoms. The normalized spacial score (nSPS) is 20.8. The lowest BCUT2D eigenvalue weighted by Gasteiger charge is -2.19. The van der Waals surface area contributed by atoms with E-state index in [1.807, 2.05) is 6.92 Å². The standard InChI is InChI=1S/C9H15N3O/c1-7(12-5-3-4-6-12)9-10-8(2)11-13-9/h7H,3-6H2,1-2H3. The third-order valence-electron chi connectivity index (χ3n) is 2.59. The van der Waals surface area contributed by atoms with Gasteiger partial charge in [-0.3, -0.25) is 4.90 Å². The monoisotopic (exact) mass is 181 g/mol. The second-order valence-electron chi connectivity index (χ2n) is 3.60. The third-order valence-corrected chi connectivity index (χ3v) is 2.59. The maximum Gasteiger partial charge on any atom is 0.243 e. The Morgan fingerprint density at radius 3 is 2.62 bits per heavy atom. The third kappa shape index (κ3) is 1.72. The van der Waals surface area contributed by atoms with Gasteiger partial charge in [-0.05, 0) is 39.8 Å². The molecule has 1 aliphatic heterocycles. The van der Waals surface area contributed by atoms with Crippen LogP contribution in [0.15, 0.2) is 4.52 Å². The molecule has 1 atom stereocenters. The van der Waals surface area contributed by atoms with E-state index >= 15 is 0 Å². The smallest absolute Gasteiger partial charge is 0.243 e. The van der Waals surface area contributed by atoms with Gasteiger partial charge in [0, 0.05) is 0 Å². The van der Waals surface area contributed by atoms with Crippen LogP contribution in [0.1, 0.15) is 37.5 Å². The van der Waals surface area contributed by atoms with Gasteiger partial charge in [0.2, 0.25) is 5.89 Å².